The fourth-order valence-electron chi connectivity index (χ4n) is 6.03. The zero-order valence-electron chi connectivity index (χ0n) is 29.6. The van der Waals surface area contributed by atoms with Gasteiger partial charge in [-0.2, -0.15) is 0 Å². The molecule has 9 rings (SSSR count). The SMILES string of the molecule is O=C([O-])NC1CC(Oc2ccc3ncc(Br)n3n2)C1.O=C([O-])NC1CC(Oc2ccc3ncc(Br)n3n2)C1.O=C([O-])NC1CC(Oc2ccc3ncc(Br)n3n2)C1.[Fe+3]. The van der Waals surface area contributed by atoms with Crippen molar-refractivity contribution in [2.24, 2.45) is 0 Å². The topological polar surface area (TPSA) is 275 Å². The summed E-state index contributed by atoms with van der Waals surface area (Å²) >= 11 is 10.0. The molecule has 305 valence electrons. The van der Waals surface area contributed by atoms with Gasteiger partial charge >= 0.3 is 17.1 Å². The summed E-state index contributed by atoms with van der Waals surface area (Å²) in [7, 11) is 0. The second kappa shape index (κ2) is 18.7. The van der Waals surface area contributed by atoms with E-state index >= 15 is 0 Å². The van der Waals surface area contributed by atoms with Gasteiger partial charge in [0.15, 0.2) is 16.9 Å². The zero-order chi connectivity index (χ0) is 40.2. The molecule has 3 fully saturated rings. The summed E-state index contributed by atoms with van der Waals surface area (Å²) in [5, 5.41) is 50.8. The van der Waals surface area contributed by atoms with Gasteiger partial charge in [0.1, 0.15) is 50.4 Å². The van der Waals surface area contributed by atoms with Crippen molar-refractivity contribution in [2.45, 2.75) is 75.0 Å². The summed E-state index contributed by atoms with van der Waals surface area (Å²) in [5.41, 5.74) is 2.18. The van der Waals surface area contributed by atoms with Crippen LogP contribution in [0.25, 0.3) is 16.9 Å². The van der Waals surface area contributed by atoms with Gasteiger partial charge in [0.2, 0.25) is 17.6 Å². The number of nitrogens with one attached hydrogen (secondary N) is 3. The van der Waals surface area contributed by atoms with Crippen molar-refractivity contribution in [3.63, 3.8) is 0 Å². The number of halogens is 3. The first kappa shape index (κ1) is 42.6. The third-order valence-electron chi connectivity index (χ3n) is 9.00. The molecule has 3 saturated carbocycles. The number of amides is 3. The van der Waals surface area contributed by atoms with Crippen molar-refractivity contribution in [1.29, 1.82) is 0 Å². The zero-order valence-corrected chi connectivity index (χ0v) is 35.5. The Morgan fingerprint density at radius 1 is 0.517 bits per heavy atom. The number of rotatable bonds is 9. The van der Waals surface area contributed by atoms with Gasteiger partial charge in [-0.25, -0.2) is 28.5 Å². The van der Waals surface area contributed by atoms with Crippen molar-refractivity contribution in [2.75, 3.05) is 0 Å². The summed E-state index contributed by atoms with van der Waals surface area (Å²) in [6, 6.07) is 10.4. The fraction of sp³-hybridized carbons (Fsp3) is 0.364. The number of fused-ring (bicyclic) bond motifs is 3. The Morgan fingerprint density at radius 3 is 1.02 bits per heavy atom. The van der Waals surface area contributed by atoms with Crippen molar-refractivity contribution in [3.8, 4) is 17.6 Å². The van der Waals surface area contributed by atoms with E-state index in [-0.39, 0.29) is 53.5 Å². The first-order valence-electron chi connectivity index (χ1n) is 17.3. The Morgan fingerprint density at radius 2 is 0.776 bits per heavy atom. The average molecular weight is 1030 g/mol. The Kier molecular flexibility index (Phi) is 13.8. The molecule has 21 nitrogen and oxygen atoms in total. The average Bonchev–Trinajstić information content (AvgIpc) is 3.81. The van der Waals surface area contributed by atoms with E-state index < -0.39 is 18.3 Å². The number of ether oxygens (including phenoxy) is 3. The number of hydrogen-bond acceptors (Lipinski definition) is 15. The number of nitrogens with zero attached hydrogens (tertiary/aromatic N) is 9. The van der Waals surface area contributed by atoms with Crippen LogP contribution in [0.2, 0.25) is 0 Å². The van der Waals surface area contributed by atoms with Crippen LogP contribution in [0, 0.1) is 0 Å². The molecule has 0 unspecified atom stereocenters. The minimum atomic E-state index is -1.25. The van der Waals surface area contributed by atoms with E-state index in [0.29, 0.717) is 56.2 Å². The van der Waals surface area contributed by atoms with Gasteiger partial charge in [0.05, 0.1) is 18.6 Å². The molecule has 0 saturated heterocycles. The molecule has 0 bridgehead atoms. The van der Waals surface area contributed by atoms with E-state index in [1.807, 2.05) is 18.2 Å². The van der Waals surface area contributed by atoms with E-state index in [4.69, 9.17) is 14.2 Å². The van der Waals surface area contributed by atoms with Gasteiger partial charge in [-0.15, -0.1) is 15.3 Å². The summed E-state index contributed by atoms with van der Waals surface area (Å²) < 4.78 is 24.1. The monoisotopic (exact) mass is 1030 g/mol. The summed E-state index contributed by atoms with van der Waals surface area (Å²) in [6.07, 6.45) is 4.92. The van der Waals surface area contributed by atoms with Gasteiger partial charge in [-0.05, 0) is 66.0 Å². The van der Waals surface area contributed by atoms with Crippen LogP contribution in [0.5, 0.6) is 17.6 Å². The van der Waals surface area contributed by atoms with Crippen LogP contribution in [0.1, 0.15) is 38.5 Å². The van der Waals surface area contributed by atoms with E-state index in [1.54, 1.807) is 50.3 Å². The molecule has 25 heteroatoms. The molecule has 3 aliphatic rings. The molecule has 3 amide bonds. The molecule has 0 atom stereocenters. The van der Waals surface area contributed by atoms with Crippen LogP contribution in [0.4, 0.5) is 14.4 Å². The first-order valence-corrected chi connectivity index (χ1v) is 19.7. The standard InChI is InChI=1S/3C11H11BrN4O3.Fe/c3*12-8-5-13-9-1-2-10(15-16(8)9)19-7-3-6(4-7)14-11(17)18;/h3*1-2,5-7,14H,3-4H2,(H,17,18);/q;;;+3/p-3. The van der Waals surface area contributed by atoms with Crippen LogP contribution in [-0.2, 0) is 17.1 Å². The molecule has 0 aromatic carbocycles. The molecule has 1 radical (unpaired) electrons. The van der Waals surface area contributed by atoms with Crippen molar-refractivity contribution >= 4 is 83.0 Å². The van der Waals surface area contributed by atoms with Gasteiger partial charge in [0, 0.05) is 74.8 Å². The normalized spacial score (nSPS) is 21.6. The minimum Gasteiger partial charge on any atom is -0.530 e. The van der Waals surface area contributed by atoms with Crippen molar-refractivity contribution in [3.05, 3.63) is 68.8 Å². The summed E-state index contributed by atoms with van der Waals surface area (Å²) in [6.45, 7) is 0. The predicted octanol–water partition coefficient (Wildman–Crippen LogP) is 1.00. The van der Waals surface area contributed by atoms with E-state index in [2.05, 4.69) is 94.0 Å². The minimum absolute atomic E-state index is 0. The first-order chi connectivity index (χ1) is 27.3. The second-order valence-electron chi connectivity index (χ2n) is 13.1. The van der Waals surface area contributed by atoms with E-state index in [0.717, 1.165) is 30.8 Å². The number of carbonyl (C=O) groups is 3. The molecule has 6 heterocycles. The number of imidazole rings is 3. The van der Waals surface area contributed by atoms with Gasteiger partial charge in [-0.1, -0.05) is 0 Å². The van der Waals surface area contributed by atoms with Crippen LogP contribution in [0.15, 0.2) is 68.8 Å². The maximum absolute atomic E-state index is 10.3. The van der Waals surface area contributed by atoms with Crippen LogP contribution in [-0.4, -0.2) is 98.5 Å². The Labute approximate surface area is 363 Å². The maximum Gasteiger partial charge on any atom is 3.00 e. The smallest absolute Gasteiger partial charge is 0.530 e. The Balaban J connectivity index is 0.000000145. The largest absolute Gasteiger partial charge is 3.00 e. The van der Waals surface area contributed by atoms with Crippen LogP contribution in [0.3, 0.4) is 0 Å². The molecule has 3 aliphatic carbocycles. The fourth-order valence-corrected chi connectivity index (χ4v) is 7.12. The summed E-state index contributed by atoms with van der Waals surface area (Å²) in [4.78, 5) is 43.4. The molecular weight excluding hydrogens is 1000 g/mol. The molecular formula is C33H30Br3FeN12O9. The third kappa shape index (κ3) is 10.7. The number of carbonyl (C=O) groups excluding carboxylic acids is 3. The predicted molar refractivity (Wildman–Crippen MR) is 200 cm³/mol. The van der Waals surface area contributed by atoms with Gasteiger partial charge < -0.3 is 59.9 Å². The molecule has 0 aliphatic heterocycles. The number of hydrogen-bond donors (Lipinski definition) is 3. The van der Waals surface area contributed by atoms with Crippen LogP contribution < -0.4 is 45.5 Å². The van der Waals surface area contributed by atoms with E-state index in [1.165, 1.54) is 0 Å². The Hall–Kier alpha value is -4.97. The molecule has 58 heavy (non-hydrogen) atoms. The number of aromatic nitrogens is 9. The Bertz CT molecular complexity index is 2140. The van der Waals surface area contributed by atoms with Crippen molar-refractivity contribution < 1.29 is 61.0 Å². The second-order valence-corrected chi connectivity index (χ2v) is 15.5. The molecule has 3 N–H and O–H groups in total. The summed E-state index contributed by atoms with van der Waals surface area (Å²) in [5.74, 6) is 1.47. The van der Waals surface area contributed by atoms with E-state index in [9.17, 15) is 29.7 Å². The van der Waals surface area contributed by atoms with Crippen molar-refractivity contribution in [1.82, 2.24) is 59.7 Å². The number of carboxylic acid groups (broad SMARTS) is 3. The van der Waals surface area contributed by atoms with Crippen LogP contribution >= 0.6 is 47.8 Å². The third-order valence-corrected chi connectivity index (χ3v) is 10.6. The molecule has 0 spiro atoms. The molecule has 6 aromatic heterocycles. The van der Waals surface area contributed by atoms with Gasteiger partial charge in [0.25, 0.3) is 0 Å². The quantitative estimate of drug-likeness (QED) is 0.171. The van der Waals surface area contributed by atoms with Gasteiger partial charge in [-0.3, -0.25) is 0 Å². The molecule has 6 aromatic rings. The maximum atomic E-state index is 10.3.